The lowest BCUT2D eigenvalue weighted by atomic mass is 10.3. The van der Waals surface area contributed by atoms with Crippen LogP contribution in [-0.2, 0) is 24.0 Å². The van der Waals surface area contributed by atoms with Gasteiger partial charge in [-0.3, -0.25) is 0 Å². The SMILES string of the molecule is C/C=C/CCSSCC.C=CC.C=O.C=O.C=O.C=O.C=O.CC(C)C.CC(C)C.N.N.N.O. The lowest BCUT2D eigenvalue weighted by Gasteiger charge is -1.92. The van der Waals surface area contributed by atoms with Gasteiger partial charge in [-0.2, -0.15) is 0 Å². The first kappa shape index (κ1) is 84.9. The van der Waals surface area contributed by atoms with Gasteiger partial charge < -0.3 is 47.9 Å². The monoisotopic (exact) mass is 539 g/mol. The van der Waals surface area contributed by atoms with Crippen LogP contribution in [0, 0.1) is 11.8 Å². The van der Waals surface area contributed by atoms with Crippen LogP contribution in [0.1, 0.15) is 68.7 Å². The van der Waals surface area contributed by atoms with Crippen molar-refractivity contribution in [2.24, 2.45) is 11.8 Å². The minimum absolute atomic E-state index is 0. The predicted octanol–water partition coefficient (Wildman–Crippen LogP) is 6.61. The van der Waals surface area contributed by atoms with Gasteiger partial charge in [-0.15, -0.1) is 6.58 Å². The van der Waals surface area contributed by atoms with E-state index in [0.717, 1.165) is 11.8 Å². The Hall–Kier alpha value is -1.63. The van der Waals surface area contributed by atoms with Gasteiger partial charge in [-0.1, -0.05) is 88.3 Å². The van der Waals surface area contributed by atoms with Crippen molar-refractivity contribution in [2.45, 2.75) is 68.7 Å². The Morgan fingerprint density at radius 3 is 1.00 bits per heavy atom. The zero-order valence-corrected chi connectivity index (χ0v) is 25.4. The van der Waals surface area contributed by atoms with Crippen LogP contribution in [0.4, 0.5) is 0 Å². The molecule has 0 aliphatic rings. The molecule has 0 heterocycles. The average Bonchev–Trinajstić information content (AvgIpc) is 2.75. The molecule has 9 nitrogen and oxygen atoms in total. The number of rotatable bonds is 5. The topological polar surface area (TPSA) is 222 Å². The van der Waals surface area contributed by atoms with Gasteiger partial charge in [0.25, 0.3) is 0 Å². The number of carbonyl (C=O) groups is 5. The molecule has 11 N–H and O–H groups in total. The van der Waals surface area contributed by atoms with Crippen molar-refractivity contribution >= 4 is 55.5 Å². The molecule has 0 spiro atoms. The van der Waals surface area contributed by atoms with Gasteiger partial charge in [-0.25, -0.2) is 0 Å². The highest BCUT2D eigenvalue weighted by atomic mass is 33.1. The lowest BCUT2D eigenvalue weighted by molar-refractivity contribution is -0.0987. The predicted molar refractivity (Wildman–Crippen MR) is 161 cm³/mol. The lowest BCUT2D eigenvalue weighted by Crippen LogP contribution is -1.70. The Morgan fingerprint density at radius 1 is 0.647 bits per heavy atom. The average molecular weight is 540 g/mol. The summed E-state index contributed by atoms with van der Waals surface area (Å²) >= 11 is 0. The van der Waals surface area contributed by atoms with Crippen LogP contribution in [-0.4, -0.2) is 50.9 Å². The zero-order chi connectivity index (χ0) is 26.8. The smallest absolute Gasteiger partial charge is 0.106 e. The summed E-state index contributed by atoms with van der Waals surface area (Å²) in [6.07, 6.45) is 7.29. The largest absolute Gasteiger partial charge is 0.412 e. The molecule has 0 aromatic heterocycles. The Bertz CT molecular complexity index is 234. The second kappa shape index (κ2) is 189. The quantitative estimate of drug-likeness (QED) is 0.192. The first-order valence-corrected chi connectivity index (χ1v) is 11.7. The third kappa shape index (κ3) is 1370. The third-order valence-electron chi connectivity index (χ3n) is 0.805. The van der Waals surface area contributed by atoms with Crippen molar-refractivity contribution in [1.82, 2.24) is 18.5 Å². The van der Waals surface area contributed by atoms with Crippen molar-refractivity contribution in [1.29, 1.82) is 0 Å². The van der Waals surface area contributed by atoms with Gasteiger partial charge in [0.05, 0.1) is 0 Å². The zero-order valence-electron chi connectivity index (χ0n) is 23.7. The summed E-state index contributed by atoms with van der Waals surface area (Å²) in [5.41, 5.74) is 0. The van der Waals surface area contributed by atoms with E-state index in [9.17, 15) is 0 Å². The highest BCUT2D eigenvalue weighted by molar-refractivity contribution is 8.76. The second-order valence-electron chi connectivity index (χ2n) is 5.46. The highest BCUT2D eigenvalue weighted by Crippen LogP contribution is 2.20. The van der Waals surface area contributed by atoms with E-state index in [0.29, 0.717) is 0 Å². The van der Waals surface area contributed by atoms with Gasteiger partial charge in [-0.05, 0) is 32.1 Å². The second-order valence-corrected chi connectivity index (χ2v) is 8.33. The maximum absolute atomic E-state index is 8.00. The normalized spacial score (nSPS) is 5.97. The minimum atomic E-state index is 0. The first-order valence-electron chi connectivity index (χ1n) is 9.16. The van der Waals surface area contributed by atoms with Crippen LogP contribution < -0.4 is 18.5 Å². The molecular formula is C23H61N3O6S2. The number of hydrogen-bond donors (Lipinski definition) is 3. The molecule has 0 aliphatic carbocycles. The maximum Gasteiger partial charge on any atom is 0.106 e. The number of carbonyl (C=O) groups excluding carboxylic acids is 5. The summed E-state index contributed by atoms with van der Waals surface area (Å²) in [5.74, 6) is 4.14. The fourth-order valence-corrected chi connectivity index (χ4v) is 2.08. The minimum Gasteiger partial charge on any atom is -0.412 e. The van der Waals surface area contributed by atoms with Crippen LogP contribution in [0.2, 0.25) is 0 Å². The van der Waals surface area contributed by atoms with Crippen LogP contribution in [0.25, 0.3) is 0 Å². The molecule has 0 unspecified atom stereocenters. The fourth-order valence-electron chi connectivity index (χ4n) is 0.425. The summed E-state index contributed by atoms with van der Waals surface area (Å²) < 4.78 is 0. The summed E-state index contributed by atoms with van der Waals surface area (Å²) in [7, 11) is 3.90. The summed E-state index contributed by atoms with van der Waals surface area (Å²) in [4.78, 5) is 40.0. The Kier molecular flexibility index (Phi) is 472. The summed E-state index contributed by atoms with van der Waals surface area (Å²) in [5, 5.41) is 0. The number of allylic oxidation sites excluding steroid dienone is 3. The van der Waals surface area contributed by atoms with Crippen molar-refractivity contribution in [3.05, 3.63) is 24.8 Å². The number of hydrogen-bond acceptors (Lipinski definition) is 10. The Morgan fingerprint density at radius 2 is 0.853 bits per heavy atom. The van der Waals surface area contributed by atoms with E-state index in [2.05, 4.69) is 74.1 Å². The van der Waals surface area contributed by atoms with E-state index in [-0.39, 0.29) is 23.9 Å². The molecule has 216 valence electrons. The van der Waals surface area contributed by atoms with Gasteiger partial charge in [0.2, 0.25) is 0 Å². The fraction of sp³-hybridized carbons (Fsp3) is 0.609. The molecule has 0 radical (unpaired) electrons. The van der Waals surface area contributed by atoms with E-state index in [1.165, 1.54) is 17.9 Å². The van der Waals surface area contributed by atoms with Crippen LogP contribution in [0.5, 0.6) is 0 Å². The van der Waals surface area contributed by atoms with Gasteiger partial charge in [0.1, 0.15) is 33.9 Å². The molecule has 34 heavy (non-hydrogen) atoms. The van der Waals surface area contributed by atoms with Gasteiger partial charge in [0, 0.05) is 11.5 Å². The van der Waals surface area contributed by atoms with E-state index in [4.69, 9.17) is 24.0 Å². The molecule has 0 fully saturated rings. The maximum atomic E-state index is 8.00. The molecule has 0 bridgehead atoms. The molecule has 0 aromatic rings. The molecular weight excluding hydrogens is 478 g/mol. The Labute approximate surface area is 220 Å². The van der Waals surface area contributed by atoms with E-state index < -0.39 is 0 Å². The van der Waals surface area contributed by atoms with Crippen LogP contribution in [0.15, 0.2) is 24.8 Å². The molecule has 0 aromatic carbocycles. The molecule has 0 aliphatic heterocycles. The van der Waals surface area contributed by atoms with Crippen molar-refractivity contribution in [3.8, 4) is 0 Å². The highest BCUT2D eigenvalue weighted by Gasteiger charge is 1.82. The summed E-state index contributed by atoms with van der Waals surface area (Å²) in [6.45, 7) is 32.5. The van der Waals surface area contributed by atoms with E-state index >= 15 is 0 Å². The molecule has 11 heteroatoms. The third-order valence-corrected chi connectivity index (χ3v) is 3.32. The van der Waals surface area contributed by atoms with E-state index in [1.54, 1.807) is 6.08 Å². The molecule has 0 amide bonds. The molecule has 0 saturated carbocycles. The van der Waals surface area contributed by atoms with Crippen molar-refractivity contribution in [3.63, 3.8) is 0 Å². The van der Waals surface area contributed by atoms with Crippen LogP contribution in [0.3, 0.4) is 0 Å². The first-order chi connectivity index (χ1) is 14.3. The van der Waals surface area contributed by atoms with E-state index in [1.807, 2.05) is 62.5 Å². The Balaban J connectivity index is -0.0000000141. The van der Waals surface area contributed by atoms with Crippen molar-refractivity contribution in [2.75, 3.05) is 11.5 Å². The van der Waals surface area contributed by atoms with Gasteiger partial charge in [0.15, 0.2) is 0 Å². The summed E-state index contributed by atoms with van der Waals surface area (Å²) in [6, 6.07) is 0. The van der Waals surface area contributed by atoms with Gasteiger partial charge >= 0.3 is 0 Å². The molecule has 0 atom stereocenters. The van der Waals surface area contributed by atoms with Crippen molar-refractivity contribution < 1.29 is 29.4 Å². The van der Waals surface area contributed by atoms with Crippen LogP contribution >= 0.6 is 21.6 Å². The molecule has 0 rings (SSSR count). The standard InChI is InChI=1S/C7H14S2.2C4H10.C3H6.5CH2O.3H3N.H2O/c1-3-5-6-7-9-8-4-2;2*1-4(2)3;1-3-2;5*1-2;;;;/h3,5H,4,6-7H2,1-2H3;2*4H,1-3H3;3H,1H2,2H3;5*1H2;3*1H3;1H2/b5-3+;;;;;;;;;;;;. The molecule has 0 saturated heterocycles.